The summed E-state index contributed by atoms with van der Waals surface area (Å²) < 4.78 is 12.6. The van der Waals surface area contributed by atoms with Gasteiger partial charge in [0.25, 0.3) is 0 Å². The highest BCUT2D eigenvalue weighted by molar-refractivity contribution is 6.02. The van der Waals surface area contributed by atoms with Crippen LogP contribution < -0.4 is 11.1 Å². The van der Waals surface area contributed by atoms with Gasteiger partial charge in [-0.1, -0.05) is 0 Å². The number of benzene rings is 1. The lowest BCUT2D eigenvalue weighted by Crippen LogP contribution is -2.16. The zero-order valence-electron chi connectivity index (χ0n) is 7.66. The number of nitrogens with one attached hydrogen (secondary N) is 1. The molecule has 0 saturated carbocycles. The molecule has 1 aromatic carbocycles. The molecule has 0 fully saturated rings. The zero-order valence-corrected chi connectivity index (χ0v) is 7.66. The van der Waals surface area contributed by atoms with Crippen LogP contribution in [0.5, 0.6) is 0 Å². The number of nitrogens with two attached hydrogens (primary N) is 1. The summed E-state index contributed by atoms with van der Waals surface area (Å²) in [6, 6.07) is 3.42. The van der Waals surface area contributed by atoms with Gasteiger partial charge in [0, 0.05) is 0 Å². The molecular formula is C9H9FN2O3. The van der Waals surface area contributed by atoms with Crippen LogP contribution in [0.1, 0.15) is 6.42 Å². The van der Waals surface area contributed by atoms with Crippen LogP contribution in [-0.2, 0) is 9.59 Å². The number of aliphatic carboxylic acids is 1. The van der Waals surface area contributed by atoms with Gasteiger partial charge in [0.05, 0.1) is 11.4 Å². The van der Waals surface area contributed by atoms with E-state index < -0.39 is 24.1 Å². The van der Waals surface area contributed by atoms with Crippen molar-refractivity contribution in [1.82, 2.24) is 0 Å². The predicted octanol–water partition coefficient (Wildman–Crippen LogP) is 0.821. The van der Waals surface area contributed by atoms with Gasteiger partial charge in [-0.15, -0.1) is 0 Å². The van der Waals surface area contributed by atoms with Crippen molar-refractivity contribution in [3.63, 3.8) is 0 Å². The highest BCUT2D eigenvalue weighted by atomic mass is 19.1. The van der Waals surface area contributed by atoms with Crippen LogP contribution in [-0.4, -0.2) is 17.0 Å². The molecule has 5 nitrogen and oxygen atoms in total. The molecule has 15 heavy (non-hydrogen) atoms. The minimum Gasteiger partial charge on any atom is -0.481 e. The summed E-state index contributed by atoms with van der Waals surface area (Å²) in [6.45, 7) is 0. The van der Waals surface area contributed by atoms with E-state index in [4.69, 9.17) is 10.8 Å². The van der Waals surface area contributed by atoms with Crippen molar-refractivity contribution in [3.05, 3.63) is 24.0 Å². The number of halogens is 1. The number of hydrogen-bond donors (Lipinski definition) is 3. The van der Waals surface area contributed by atoms with E-state index in [9.17, 15) is 14.0 Å². The van der Waals surface area contributed by atoms with Crippen molar-refractivity contribution in [2.24, 2.45) is 0 Å². The lowest BCUT2D eigenvalue weighted by molar-refractivity contribution is -0.139. The molecule has 0 heterocycles. The number of carboxylic acids is 1. The number of anilines is 2. The van der Waals surface area contributed by atoms with E-state index in [1.54, 1.807) is 0 Å². The molecule has 0 atom stereocenters. The maximum atomic E-state index is 12.6. The van der Waals surface area contributed by atoms with Crippen LogP contribution in [0.4, 0.5) is 15.8 Å². The number of hydrogen-bond acceptors (Lipinski definition) is 3. The van der Waals surface area contributed by atoms with Crippen LogP contribution in [0, 0.1) is 5.82 Å². The second-order valence-corrected chi connectivity index (χ2v) is 2.85. The van der Waals surface area contributed by atoms with Crippen molar-refractivity contribution in [1.29, 1.82) is 0 Å². The van der Waals surface area contributed by atoms with Crippen LogP contribution in [0.15, 0.2) is 18.2 Å². The van der Waals surface area contributed by atoms with Gasteiger partial charge < -0.3 is 16.2 Å². The first-order valence-corrected chi connectivity index (χ1v) is 4.05. The molecule has 0 radical (unpaired) electrons. The smallest absolute Gasteiger partial charge is 0.312 e. The van der Waals surface area contributed by atoms with Gasteiger partial charge in [-0.25, -0.2) is 4.39 Å². The molecule has 0 spiro atoms. The summed E-state index contributed by atoms with van der Waals surface area (Å²) in [5.74, 6) is -2.47. The minimum atomic E-state index is -1.24. The summed E-state index contributed by atoms with van der Waals surface area (Å²) in [7, 11) is 0. The number of carbonyl (C=O) groups is 2. The van der Waals surface area contributed by atoms with E-state index in [2.05, 4.69) is 5.32 Å². The summed E-state index contributed by atoms with van der Waals surface area (Å²) in [6.07, 6.45) is -0.656. The van der Waals surface area contributed by atoms with Crippen LogP contribution >= 0.6 is 0 Å². The van der Waals surface area contributed by atoms with E-state index in [0.717, 1.165) is 12.1 Å². The SMILES string of the molecule is Nc1cc(F)ccc1NC(=O)CC(=O)O. The first-order chi connectivity index (χ1) is 6.99. The molecule has 0 aromatic heterocycles. The van der Waals surface area contributed by atoms with Crippen LogP contribution in [0.25, 0.3) is 0 Å². The zero-order chi connectivity index (χ0) is 11.4. The van der Waals surface area contributed by atoms with E-state index in [1.807, 2.05) is 0 Å². The fourth-order valence-electron chi connectivity index (χ4n) is 0.979. The highest BCUT2D eigenvalue weighted by Gasteiger charge is 2.09. The number of rotatable bonds is 3. The largest absolute Gasteiger partial charge is 0.481 e. The third-order valence-corrected chi connectivity index (χ3v) is 1.60. The van der Waals surface area contributed by atoms with Crippen LogP contribution in [0.2, 0.25) is 0 Å². The average Bonchev–Trinajstić information content (AvgIpc) is 2.08. The second kappa shape index (κ2) is 4.41. The fraction of sp³-hybridized carbons (Fsp3) is 0.111. The molecule has 4 N–H and O–H groups in total. The second-order valence-electron chi connectivity index (χ2n) is 2.85. The molecule has 0 aliphatic rings. The Morgan fingerprint density at radius 2 is 2.13 bits per heavy atom. The van der Waals surface area contributed by atoms with Crippen molar-refractivity contribution < 1.29 is 19.1 Å². The van der Waals surface area contributed by atoms with E-state index in [0.29, 0.717) is 0 Å². The third-order valence-electron chi connectivity index (χ3n) is 1.60. The van der Waals surface area contributed by atoms with E-state index in [-0.39, 0.29) is 11.4 Å². The normalized spacial score (nSPS) is 9.67. The van der Waals surface area contributed by atoms with Gasteiger partial charge in [0.1, 0.15) is 12.2 Å². The van der Waals surface area contributed by atoms with Gasteiger partial charge in [-0.3, -0.25) is 9.59 Å². The predicted molar refractivity (Wildman–Crippen MR) is 51.7 cm³/mol. The third kappa shape index (κ3) is 3.26. The van der Waals surface area contributed by atoms with E-state index >= 15 is 0 Å². The number of amides is 1. The van der Waals surface area contributed by atoms with E-state index in [1.165, 1.54) is 6.07 Å². The standard InChI is InChI=1S/C9H9FN2O3/c10-5-1-2-7(6(11)3-5)12-8(13)4-9(14)15/h1-3H,4,11H2,(H,12,13)(H,14,15). The molecular weight excluding hydrogens is 203 g/mol. The summed E-state index contributed by atoms with van der Waals surface area (Å²) in [5.41, 5.74) is 5.64. The molecule has 0 saturated heterocycles. The number of carboxylic acid groups (broad SMARTS) is 1. The van der Waals surface area contributed by atoms with Gasteiger partial charge >= 0.3 is 5.97 Å². The Kier molecular flexibility index (Phi) is 3.22. The van der Waals surface area contributed by atoms with Crippen molar-refractivity contribution in [3.8, 4) is 0 Å². The molecule has 1 amide bonds. The van der Waals surface area contributed by atoms with Gasteiger partial charge in [0.15, 0.2) is 0 Å². The lowest BCUT2D eigenvalue weighted by Gasteiger charge is -2.06. The van der Waals surface area contributed by atoms with Crippen molar-refractivity contribution in [2.75, 3.05) is 11.1 Å². The van der Waals surface area contributed by atoms with Gasteiger partial charge in [-0.05, 0) is 18.2 Å². The Bertz CT molecular complexity index is 406. The first-order valence-electron chi connectivity index (χ1n) is 4.05. The molecule has 1 aromatic rings. The molecule has 0 unspecified atom stereocenters. The monoisotopic (exact) mass is 212 g/mol. The van der Waals surface area contributed by atoms with Crippen molar-refractivity contribution >= 4 is 23.3 Å². The molecule has 0 bridgehead atoms. The summed E-state index contributed by atoms with van der Waals surface area (Å²) in [4.78, 5) is 21.2. The lowest BCUT2D eigenvalue weighted by atomic mass is 10.2. The van der Waals surface area contributed by atoms with Gasteiger partial charge in [-0.2, -0.15) is 0 Å². The summed E-state index contributed by atoms with van der Waals surface area (Å²) in [5, 5.41) is 10.6. The molecule has 6 heteroatoms. The minimum absolute atomic E-state index is 0.0498. The molecule has 0 aliphatic carbocycles. The Labute approximate surface area is 84.7 Å². The molecule has 0 aliphatic heterocycles. The Morgan fingerprint density at radius 1 is 1.47 bits per heavy atom. The van der Waals surface area contributed by atoms with Gasteiger partial charge in [0.2, 0.25) is 5.91 Å². The van der Waals surface area contributed by atoms with Crippen molar-refractivity contribution in [2.45, 2.75) is 6.42 Å². The Balaban J connectivity index is 2.72. The maximum absolute atomic E-state index is 12.6. The molecule has 80 valence electrons. The fourth-order valence-corrected chi connectivity index (χ4v) is 0.979. The average molecular weight is 212 g/mol. The Morgan fingerprint density at radius 3 is 2.67 bits per heavy atom. The molecule has 1 rings (SSSR count). The number of carbonyl (C=O) groups excluding carboxylic acids is 1. The number of nitrogen functional groups attached to an aromatic ring is 1. The maximum Gasteiger partial charge on any atom is 0.312 e. The Hall–Kier alpha value is -2.11. The summed E-state index contributed by atoms with van der Waals surface area (Å²) >= 11 is 0. The van der Waals surface area contributed by atoms with Crippen LogP contribution in [0.3, 0.4) is 0 Å². The highest BCUT2D eigenvalue weighted by Crippen LogP contribution is 2.18. The quantitative estimate of drug-likeness (QED) is 0.511. The first kappa shape index (κ1) is 11.0. The topological polar surface area (TPSA) is 92.4 Å².